The Labute approximate surface area is 177 Å². The number of hydrogen-bond acceptors (Lipinski definition) is 5. The largest absolute Gasteiger partial charge is 0.497 e. The van der Waals surface area contributed by atoms with E-state index in [9.17, 15) is 13.2 Å². The summed E-state index contributed by atoms with van der Waals surface area (Å²) >= 11 is 0. The first-order chi connectivity index (χ1) is 14.4. The number of amides is 1. The van der Waals surface area contributed by atoms with Gasteiger partial charge < -0.3 is 14.8 Å². The number of hydrogen-bond donors (Lipinski definition) is 2. The summed E-state index contributed by atoms with van der Waals surface area (Å²) in [6.45, 7) is 1.73. The van der Waals surface area contributed by atoms with Gasteiger partial charge in [-0.25, -0.2) is 13.1 Å². The highest BCUT2D eigenvalue weighted by Gasteiger charge is 2.22. The molecule has 0 aromatic heterocycles. The molecule has 2 aromatic carbocycles. The number of nitrogens with one attached hydrogen (secondary N) is 2. The second-order valence-electron chi connectivity index (χ2n) is 7.43. The Bertz CT molecular complexity index is 936. The van der Waals surface area contributed by atoms with E-state index in [1.54, 1.807) is 19.2 Å². The SMILES string of the molecule is COc1ccc([C@H](C)NC(=O)COc2ccc(S(=O)(=O)NC3CCCC3)cc2)cc1. The smallest absolute Gasteiger partial charge is 0.258 e. The summed E-state index contributed by atoms with van der Waals surface area (Å²) in [6.07, 6.45) is 3.87. The van der Waals surface area contributed by atoms with Crippen molar-refractivity contribution in [1.29, 1.82) is 0 Å². The van der Waals surface area contributed by atoms with E-state index in [0.717, 1.165) is 37.0 Å². The Balaban J connectivity index is 1.49. The molecule has 1 atom stereocenters. The van der Waals surface area contributed by atoms with Gasteiger partial charge in [-0.15, -0.1) is 0 Å². The van der Waals surface area contributed by atoms with E-state index in [2.05, 4.69) is 10.0 Å². The Morgan fingerprint density at radius 3 is 2.23 bits per heavy atom. The molecule has 0 radical (unpaired) electrons. The molecule has 3 rings (SSSR count). The third-order valence-electron chi connectivity index (χ3n) is 5.17. The molecule has 1 aliphatic carbocycles. The molecule has 0 saturated heterocycles. The van der Waals surface area contributed by atoms with Gasteiger partial charge in [0.2, 0.25) is 10.0 Å². The predicted octanol–water partition coefficient (Wildman–Crippen LogP) is 3.17. The lowest BCUT2D eigenvalue weighted by atomic mass is 10.1. The van der Waals surface area contributed by atoms with Crippen molar-refractivity contribution in [2.45, 2.75) is 49.6 Å². The van der Waals surface area contributed by atoms with Crippen molar-refractivity contribution in [1.82, 2.24) is 10.0 Å². The average molecular weight is 433 g/mol. The summed E-state index contributed by atoms with van der Waals surface area (Å²) in [7, 11) is -1.93. The minimum Gasteiger partial charge on any atom is -0.497 e. The quantitative estimate of drug-likeness (QED) is 0.635. The van der Waals surface area contributed by atoms with Crippen molar-refractivity contribution >= 4 is 15.9 Å². The molecular formula is C22H28N2O5S. The fourth-order valence-electron chi connectivity index (χ4n) is 3.45. The van der Waals surface area contributed by atoms with Gasteiger partial charge in [-0.05, 0) is 61.7 Å². The van der Waals surface area contributed by atoms with Gasteiger partial charge in [0.05, 0.1) is 18.0 Å². The summed E-state index contributed by atoms with van der Waals surface area (Å²) in [5.41, 5.74) is 0.952. The Morgan fingerprint density at radius 1 is 1.03 bits per heavy atom. The Morgan fingerprint density at radius 2 is 1.63 bits per heavy atom. The topological polar surface area (TPSA) is 93.7 Å². The molecule has 0 heterocycles. The maximum Gasteiger partial charge on any atom is 0.258 e. The van der Waals surface area contributed by atoms with Crippen LogP contribution in [0.15, 0.2) is 53.4 Å². The van der Waals surface area contributed by atoms with Gasteiger partial charge in [0.25, 0.3) is 5.91 Å². The van der Waals surface area contributed by atoms with E-state index < -0.39 is 10.0 Å². The van der Waals surface area contributed by atoms with Crippen molar-refractivity contribution in [3.8, 4) is 11.5 Å². The summed E-state index contributed by atoms with van der Waals surface area (Å²) in [4.78, 5) is 12.4. The highest BCUT2D eigenvalue weighted by atomic mass is 32.2. The lowest BCUT2D eigenvalue weighted by Gasteiger charge is -2.15. The predicted molar refractivity (Wildman–Crippen MR) is 114 cm³/mol. The number of sulfonamides is 1. The summed E-state index contributed by atoms with van der Waals surface area (Å²) < 4.78 is 38.2. The van der Waals surface area contributed by atoms with Crippen molar-refractivity contribution in [2.24, 2.45) is 0 Å². The van der Waals surface area contributed by atoms with E-state index in [4.69, 9.17) is 9.47 Å². The summed E-state index contributed by atoms with van der Waals surface area (Å²) in [5.74, 6) is 0.921. The van der Waals surface area contributed by atoms with E-state index >= 15 is 0 Å². The molecule has 0 spiro atoms. The molecule has 30 heavy (non-hydrogen) atoms. The molecule has 1 fully saturated rings. The van der Waals surface area contributed by atoms with Crippen molar-refractivity contribution in [2.75, 3.05) is 13.7 Å². The minimum atomic E-state index is -3.54. The first-order valence-electron chi connectivity index (χ1n) is 10.1. The molecule has 0 unspecified atom stereocenters. The lowest BCUT2D eigenvalue weighted by Crippen LogP contribution is -2.32. The van der Waals surface area contributed by atoms with E-state index in [1.165, 1.54) is 12.1 Å². The summed E-state index contributed by atoms with van der Waals surface area (Å²) in [6, 6.07) is 13.4. The van der Waals surface area contributed by atoms with Gasteiger partial charge in [-0.3, -0.25) is 4.79 Å². The van der Waals surface area contributed by atoms with Crippen LogP contribution in [0.2, 0.25) is 0 Å². The summed E-state index contributed by atoms with van der Waals surface area (Å²) in [5, 5.41) is 2.87. The van der Waals surface area contributed by atoms with E-state index in [-0.39, 0.29) is 29.5 Å². The van der Waals surface area contributed by atoms with Crippen LogP contribution in [0.3, 0.4) is 0 Å². The number of carbonyl (C=O) groups is 1. The van der Waals surface area contributed by atoms with Gasteiger partial charge >= 0.3 is 0 Å². The zero-order chi connectivity index (χ0) is 21.6. The van der Waals surface area contributed by atoms with E-state index in [0.29, 0.717) is 5.75 Å². The Hall–Kier alpha value is -2.58. The molecule has 7 nitrogen and oxygen atoms in total. The molecule has 162 valence electrons. The highest BCUT2D eigenvalue weighted by Crippen LogP contribution is 2.22. The Kier molecular flexibility index (Phi) is 7.33. The maximum absolute atomic E-state index is 12.4. The van der Waals surface area contributed by atoms with Crippen LogP contribution >= 0.6 is 0 Å². The van der Waals surface area contributed by atoms with Crippen LogP contribution in [-0.4, -0.2) is 34.1 Å². The van der Waals surface area contributed by atoms with E-state index in [1.807, 2.05) is 31.2 Å². The highest BCUT2D eigenvalue weighted by molar-refractivity contribution is 7.89. The minimum absolute atomic E-state index is 0.0160. The van der Waals surface area contributed by atoms with Crippen molar-refractivity contribution in [3.63, 3.8) is 0 Å². The van der Waals surface area contributed by atoms with Gasteiger partial charge in [0.1, 0.15) is 11.5 Å². The monoisotopic (exact) mass is 432 g/mol. The normalized spacial score (nSPS) is 15.5. The van der Waals surface area contributed by atoms with Gasteiger partial charge in [-0.2, -0.15) is 0 Å². The van der Waals surface area contributed by atoms with Crippen LogP contribution in [-0.2, 0) is 14.8 Å². The van der Waals surface area contributed by atoms with Crippen LogP contribution in [0.25, 0.3) is 0 Å². The number of carbonyl (C=O) groups excluding carboxylic acids is 1. The van der Waals surface area contributed by atoms with Crippen LogP contribution in [0.5, 0.6) is 11.5 Å². The number of ether oxygens (including phenoxy) is 2. The molecule has 1 amide bonds. The first kappa shape index (κ1) is 22.1. The molecule has 2 N–H and O–H groups in total. The fraction of sp³-hybridized carbons (Fsp3) is 0.409. The fourth-order valence-corrected chi connectivity index (χ4v) is 4.76. The molecular weight excluding hydrogens is 404 g/mol. The average Bonchev–Trinajstić information content (AvgIpc) is 3.25. The van der Waals surface area contributed by atoms with Crippen molar-refractivity contribution in [3.05, 3.63) is 54.1 Å². The maximum atomic E-state index is 12.4. The van der Waals surface area contributed by atoms with Gasteiger partial charge in [0, 0.05) is 6.04 Å². The van der Waals surface area contributed by atoms with Gasteiger partial charge in [-0.1, -0.05) is 25.0 Å². The van der Waals surface area contributed by atoms with Crippen molar-refractivity contribution < 1.29 is 22.7 Å². The number of benzene rings is 2. The molecule has 8 heteroatoms. The number of rotatable bonds is 9. The lowest BCUT2D eigenvalue weighted by molar-refractivity contribution is -0.123. The third-order valence-corrected chi connectivity index (χ3v) is 6.71. The van der Waals surface area contributed by atoms with Crippen LogP contribution in [0.1, 0.15) is 44.2 Å². The van der Waals surface area contributed by atoms with Crippen LogP contribution in [0.4, 0.5) is 0 Å². The third kappa shape index (κ3) is 5.96. The molecule has 1 aliphatic rings. The van der Waals surface area contributed by atoms with Gasteiger partial charge in [0.15, 0.2) is 6.61 Å². The number of methoxy groups -OCH3 is 1. The van der Waals surface area contributed by atoms with Crippen LogP contribution < -0.4 is 19.5 Å². The standard InChI is InChI=1S/C22H28N2O5S/c1-16(17-7-9-19(28-2)10-8-17)23-22(25)15-29-20-11-13-21(14-12-20)30(26,27)24-18-5-3-4-6-18/h7-14,16,18,24H,3-6,15H2,1-2H3,(H,23,25)/t16-/m0/s1. The van der Waals surface area contributed by atoms with Crippen LogP contribution in [0, 0.1) is 0 Å². The zero-order valence-electron chi connectivity index (χ0n) is 17.3. The molecule has 0 bridgehead atoms. The second kappa shape index (κ2) is 9.95. The zero-order valence-corrected chi connectivity index (χ0v) is 18.1. The first-order valence-corrected chi connectivity index (χ1v) is 11.5. The molecule has 1 saturated carbocycles. The molecule has 0 aliphatic heterocycles. The molecule has 2 aromatic rings. The second-order valence-corrected chi connectivity index (χ2v) is 9.14.